The molecule has 1 saturated heterocycles. The third kappa shape index (κ3) is 4.48. The first-order valence-corrected chi connectivity index (χ1v) is 7.56. The highest BCUT2D eigenvalue weighted by Gasteiger charge is 2.30. The Bertz CT molecular complexity index is 413. The lowest BCUT2D eigenvalue weighted by atomic mass is 9.95. The van der Waals surface area contributed by atoms with Gasteiger partial charge < -0.3 is 9.47 Å². The molecule has 2 rings (SSSR count). The van der Waals surface area contributed by atoms with Crippen molar-refractivity contribution in [2.24, 2.45) is 0 Å². The van der Waals surface area contributed by atoms with E-state index in [1.54, 1.807) is 0 Å². The smallest absolute Gasteiger partial charge is 0.120 e. The van der Waals surface area contributed by atoms with Crippen molar-refractivity contribution in [1.82, 2.24) is 4.90 Å². The van der Waals surface area contributed by atoms with E-state index in [9.17, 15) is 0 Å². The zero-order valence-electron chi connectivity index (χ0n) is 11.7. The van der Waals surface area contributed by atoms with Crippen LogP contribution in [0.5, 0.6) is 5.75 Å². The van der Waals surface area contributed by atoms with Crippen LogP contribution in [0.1, 0.15) is 19.8 Å². The standard InChI is InChI=1S/C15H22BrNO2/c1-15(18-2)7-4-8-17(12-15)9-10-19-14-6-3-5-13(16)11-14/h3,5-6,11H,4,7-10,12H2,1-2H3. The quantitative estimate of drug-likeness (QED) is 0.828. The first kappa shape index (κ1) is 14.8. The number of piperidine rings is 1. The van der Waals surface area contributed by atoms with Gasteiger partial charge in [-0.05, 0) is 44.5 Å². The summed E-state index contributed by atoms with van der Waals surface area (Å²) in [6, 6.07) is 7.97. The van der Waals surface area contributed by atoms with Gasteiger partial charge >= 0.3 is 0 Å². The molecule has 0 radical (unpaired) electrons. The van der Waals surface area contributed by atoms with E-state index >= 15 is 0 Å². The average Bonchev–Trinajstić information content (AvgIpc) is 2.39. The second-order valence-electron chi connectivity index (χ2n) is 5.34. The number of likely N-dealkylation sites (tertiary alicyclic amines) is 1. The maximum atomic E-state index is 5.78. The van der Waals surface area contributed by atoms with Crippen molar-refractivity contribution in [3.8, 4) is 5.75 Å². The molecule has 0 N–H and O–H groups in total. The van der Waals surface area contributed by atoms with E-state index in [0.717, 1.165) is 42.9 Å². The largest absolute Gasteiger partial charge is 0.492 e. The molecule has 1 aromatic carbocycles. The Morgan fingerprint density at radius 3 is 3.00 bits per heavy atom. The number of hydrogen-bond donors (Lipinski definition) is 0. The van der Waals surface area contributed by atoms with Gasteiger partial charge in [-0.1, -0.05) is 22.0 Å². The lowest BCUT2D eigenvalue weighted by molar-refractivity contribution is -0.0524. The lowest BCUT2D eigenvalue weighted by Gasteiger charge is -2.39. The predicted molar refractivity (Wildman–Crippen MR) is 80.7 cm³/mol. The molecule has 106 valence electrons. The van der Waals surface area contributed by atoms with Crippen molar-refractivity contribution in [3.63, 3.8) is 0 Å². The van der Waals surface area contributed by atoms with Gasteiger partial charge in [0.2, 0.25) is 0 Å². The van der Waals surface area contributed by atoms with Crippen LogP contribution in [0.3, 0.4) is 0 Å². The third-order valence-electron chi connectivity index (χ3n) is 3.70. The highest BCUT2D eigenvalue weighted by atomic mass is 79.9. The number of ether oxygens (including phenoxy) is 2. The van der Waals surface area contributed by atoms with E-state index in [1.807, 2.05) is 31.4 Å². The molecule has 0 bridgehead atoms. The van der Waals surface area contributed by atoms with Gasteiger partial charge in [-0.25, -0.2) is 0 Å². The molecule has 1 aromatic rings. The van der Waals surface area contributed by atoms with Crippen LogP contribution in [0.2, 0.25) is 0 Å². The molecule has 1 aliphatic rings. The third-order valence-corrected chi connectivity index (χ3v) is 4.20. The van der Waals surface area contributed by atoms with Crippen molar-refractivity contribution >= 4 is 15.9 Å². The van der Waals surface area contributed by atoms with Crippen molar-refractivity contribution in [3.05, 3.63) is 28.7 Å². The number of nitrogens with zero attached hydrogens (tertiary/aromatic N) is 1. The number of benzene rings is 1. The summed E-state index contributed by atoms with van der Waals surface area (Å²) in [5, 5.41) is 0. The molecule has 0 saturated carbocycles. The van der Waals surface area contributed by atoms with Crippen LogP contribution in [0, 0.1) is 0 Å². The Balaban J connectivity index is 1.76. The van der Waals surface area contributed by atoms with Gasteiger partial charge in [0.1, 0.15) is 12.4 Å². The Kier molecular flexibility index (Phi) is 5.25. The average molecular weight is 328 g/mol. The Hall–Kier alpha value is -0.580. The molecular weight excluding hydrogens is 306 g/mol. The highest BCUT2D eigenvalue weighted by molar-refractivity contribution is 9.10. The minimum absolute atomic E-state index is 0.00796. The molecule has 4 heteroatoms. The minimum atomic E-state index is 0.00796. The number of methoxy groups -OCH3 is 1. The molecular formula is C15H22BrNO2. The predicted octanol–water partition coefficient (Wildman–Crippen LogP) is 3.33. The second kappa shape index (κ2) is 6.73. The molecule has 1 unspecified atom stereocenters. The highest BCUT2D eigenvalue weighted by Crippen LogP contribution is 2.23. The number of halogens is 1. The zero-order chi connectivity index (χ0) is 13.7. The van der Waals surface area contributed by atoms with Crippen molar-refractivity contribution < 1.29 is 9.47 Å². The first-order valence-electron chi connectivity index (χ1n) is 6.77. The van der Waals surface area contributed by atoms with Crippen molar-refractivity contribution in [2.45, 2.75) is 25.4 Å². The first-order chi connectivity index (χ1) is 9.11. The molecule has 3 nitrogen and oxygen atoms in total. The molecule has 1 aliphatic heterocycles. The topological polar surface area (TPSA) is 21.7 Å². The summed E-state index contributed by atoms with van der Waals surface area (Å²) in [5.74, 6) is 0.917. The molecule has 0 amide bonds. The van der Waals surface area contributed by atoms with Gasteiger partial charge in [-0.3, -0.25) is 4.90 Å². The molecule has 1 heterocycles. The van der Waals surface area contributed by atoms with Crippen molar-refractivity contribution in [1.29, 1.82) is 0 Å². The monoisotopic (exact) mass is 327 g/mol. The SMILES string of the molecule is COC1(C)CCCN(CCOc2cccc(Br)c2)C1. The lowest BCUT2D eigenvalue weighted by Crippen LogP contribution is -2.48. The van der Waals surface area contributed by atoms with E-state index < -0.39 is 0 Å². The number of hydrogen-bond acceptors (Lipinski definition) is 3. The Morgan fingerprint density at radius 2 is 2.26 bits per heavy atom. The van der Waals surface area contributed by atoms with Crippen LogP contribution in [-0.4, -0.2) is 43.9 Å². The van der Waals surface area contributed by atoms with Gasteiger partial charge in [-0.15, -0.1) is 0 Å². The summed E-state index contributed by atoms with van der Waals surface area (Å²) < 4.78 is 12.4. The van der Waals surface area contributed by atoms with Gasteiger partial charge in [0.05, 0.1) is 5.60 Å². The summed E-state index contributed by atoms with van der Waals surface area (Å²) in [5.41, 5.74) is 0.00796. The van der Waals surface area contributed by atoms with E-state index in [4.69, 9.17) is 9.47 Å². The fourth-order valence-electron chi connectivity index (χ4n) is 2.51. The molecule has 1 atom stereocenters. The van der Waals surface area contributed by atoms with E-state index in [1.165, 1.54) is 6.42 Å². The fourth-order valence-corrected chi connectivity index (χ4v) is 2.89. The van der Waals surface area contributed by atoms with Crippen LogP contribution in [0.25, 0.3) is 0 Å². The minimum Gasteiger partial charge on any atom is -0.492 e. The maximum absolute atomic E-state index is 5.78. The van der Waals surface area contributed by atoms with Crippen LogP contribution in [-0.2, 0) is 4.74 Å². The fraction of sp³-hybridized carbons (Fsp3) is 0.600. The normalized spacial score (nSPS) is 24.4. The maximum Gasteiger partial charge on any atom is 0.120 e. The summed E-state index contributed by atoms with van der Waals surface area (Å²) >= 11 is 3.45. The van der Waals surface area contributed by atoms with Gasteiger partial charge in [0, 0.05) is 24.7 Å². The Labute approximate surface area is 124 Å². The van der Waals surface area contributed by atoms with Crippen LogP contribution in [0.15, 0.2) is 28.7 Å². The molecule has 19 heavy (non-hydrogen) atoms. The summed E-state index contributed by atoms with van der Waals surface area (Å²) in [7, 11) is 1.81. The zero-order valence-corrected chi connectivity index (χ0v) is 13.3. The second-order valence-corrected chi connectivity index (χ2v) is 6.26. The molecule has 0 aromatic heterocycles. The molecule has 1 fully saturated rings. The van der Waals surface area contributed by atoms with Gasteiger partial charge in [0.15, 0.2) is 0 Å². The van der Waals surface area contributed by atoms with Crippen LogP contribution < -0.4 is 4.74 Å². The van der Waals surface area contributed by atoms with Crippen molar-refractivity contribution in [2.75, 3.05) is 33.4 Å². The van der Waals surface area contributed by atoms with Crippen LogP contribution in [0.4, 0.5) is 0 Å². The summed E-state index contributed by atoms with van der Waals surface area (Å²) in [6.07, 6.45) is 2.34. The van der Waals surface area contributed by atoms with Crippen LogP contribution >= 0.6 is 15.9 Å². The van der Waals surface area contributed by atoms with Gasteiger partial charge in [0.25, 0.3) is 0 Å². The van der Waals surface area contributed by atoms with Gasteiger partial charge in [-0.2, -0.15) is 0 Å². The van der Waals surface area contributed by atoms with E-state index in [2.05, 4.69) is 27.8 Å². The van der Waals surface area contributed by atoms with E-state index in [-0.39, 0.29) is 5.60 Å². The molecule has 0 spiro atoms. The van der Waals surface area contributed by atoms with E-state index in [0.29, 0.717) is 0 Å². The summed E-state index contributed by atoms with van der Waals surface area (Å²) in [6.45, 7) is 5.99. The Morgan fingerprint density at radius 1 is 1.42 bits per heavy atom. The molecule has 0 aliphatic carbocycles. The summed E-state index contributed by atoms with van der Waals surface area (Å²) in [4.78, 5) is 2.42. The number of rotatable bonds is 5.